The lowest BCUT2D eigenvalue weighted by Gasteiger charge is -2.25. The highest BCUT2D eigenvalue weighted by Gasteiger charge is 2.55. The van der Waals surface area contributed by atoms with Gasteiger partial charge < -0.3 is 54.7 Å². The third kappa shape index (κ3) is 29.2. The number of carbonyl (C=O) groups is 5. The van der Waals surface area contributed by atoms with Crippen LogP contribution in [0.2, 0.25) is 40.2 Å². The molecule has 8 rings (SSSR count). The number of aliphatic hydroxyl groups is 7. The number of rotatable bonds is 38. The maximum Gasteiger partial charge on any atom is 0.341 e. The minimum absolute atomic E-state index is 0.00689. The Kier molecular flexibility index (Phi) is 38.2. The highest BCUT2D eigenvalue weighted by molar-refractivity contribution is 6.36. The van der Waals surface area contributed by atoms with E-state index in [1.807, 2.05) is 48.5 Å². The van der Waals surface area contributed by atoms with Gasteiger partial charge in [0.05, 0.1) is 24.5 Å². The van der Waals surface area contributed by atoms with E-state index < -0.39 is 76.4 Å². The molecule has 4 aliphatic rings. The highest BCUT2D eigenvalue weighted by atomic mass is 35.5. The summed E-state index contributed by atoms with van der Waals surface area (Å²) < 4.78 is 20.7. The first-order valence-corrected chi connectivity index (χ1v) is 38.4. The van der Waals surface area contributed by atoms with Crippen LogP contribution < -0.4 is 0 Å². The van der Waals surface area contributed by atoms with Crippen LogP contribution in [0.5, 0.6) is 0 Å². The Morgan fingerprint density at radius 3 is 1.09 bits per heavy atom. The Balaban J connectivity index is 0.000000245. The molecule has 0 radical (unpaired) electrons. The van der Waals surface area contributed by atoms with Gasteiger partial charge in [0, 0.05) is 53.0 Å². The van der Waals surface area contributed by atoms with Gasteiger partial charge in [-0.3, -0.25) is 19.2 Å². The summed E-state index contributed by atoms with van der Waals surface area (Å²) in [6, 6.07) is 22.4. The minimum Gasteiger partial charge on any atom is -0.513 e. The first-order valence-electron chi connectivity index (χ1n) is 35.4. The molecule has 0 bridgehead atoms. The second-order valence-electron chi connectivity index (χ2n) is 27.2. The number of benzene rings is 4. The van der Waals surface area contributed by atoms with Crippen LogP contribution in [0.1, 0.15) is 215 Å². The molecule has 4 aromatic carbocycles. The number of ketones is 1. The SMILES string of the molecule is C=C(O)C1(O)CC(=O)OC1CCCCCCCCc1ccc(Cl)cc1Cl.C=C(O)C1(O)CC(=O)OC1CCCCCCCCc1ccc(Cl)cc1Cl.C=C(O)CC1CC(CCCCCCc2ccc(Cl)cc2Cl)OC1=O.CC(=O)C(O)C1(O)CC(CCCCCCc2ccc(Cl)cc2Cl)OC1=O. The van der Waals surface area contributed by atoms with E-state index in [0.717, 1.165) is 205 Å². The normalized spacial score (nSPS) is 22.2. The first kappa shape index (κ1) is 87.8. The molecular weight excluding hydrogens is 1480 g/mol. The average Bonchev–Trinajstić information content (AvgIpc) is 1.55. The van der Waals surface area contributed by atoms with Gasteiger partial charge in [0.2, 0.25) is 0 Å². The van der Waals surface area contributed by atoms with Crippen molar-refractivity contribution in [2.45, 2.75) is 266 Å². The number of hydrogen-bond acceptors (Lipinski definition) is 16. The fourth-order valence-corrected chi connectivity index (χ4v) is 14.9. The standard InChI is InChI=1S/2C20H26Cl2O4.C19H24Cl2O5.C19H24Cl2O3/c2*1-14(23)20(25)13-19(24)26-18(20)9-7-5-3-2-4-6-8-15-10-11-16(21)12-17(15)22;1-12(22)17(23)19(25)11-15(26-18(19)24)7-5-3-2-4-6-13-8-9-14(20)10-16(13)21;1-13(22)10-15-11-17(24-19(15)23)7-5-3-2-4-6-14-8-9-16(20)12-18(14)21/h2*10-12,18,23,25H,1-9,13H2;8-10,15,17,23,25H,2-7,11H2,1H3;8-9,12,15,17,22H,1-7,10-11H2. The van der Waals surface area contributed by atoms with Crippen LogP contribution in [0.25, 0.3) is 0 Å². The zero-order chi connectivity index (χ0) is 75.2. The van der Waals surface area contributed by atoms with Crippen molar-refractivity contribution in [1.29, 1.82) is 0 Å². The number of esters is 4. The second kappa shape index (κ2) is 44.4. The summed E-state index contributed by atoms with van der Waals surface area (Å²) in [5.41, 5.74) is -0.904. The molecule has 4 aliphatic heterocycles. The number of aryl methyl sites for hydroxylation is 4. The summed E-state index contributed by atoms with van der Waals surface area (Å²) >= 11 is 48.2. The topological polar surface area (TPSA) is 264 Å². The number of ether oxygens (including phenoxy) is 4. The van der Waals surface area contributed by atoms with Crippen molar-refractivity contribution in [3.63, 3.8) is 0 Å². The molecule has 24 heteroatoms. The van der Waals surface area contributed by atoms with Crippen LogP contribution in [0.4, 0.5) is 0 Å². The molecule has 9 unspecified atom stereocenters. The van der Waals surface area contributed by atoms with Crippen molar-refractivity contribution in [2.75, 3.05) is 0 Å². The van der Waals surface area contributed by atoms with Gasteiger partial charge in [-0.1, -0.05) is 214 Å². The molecule has 4 heterocycles. The minimum atomic E-state index is -2.11. The van der Waals surface area contributed by atoms with Crippen LogP contribution in [-0.2, 0) is 68.6 Å². The first-order chi connectivity index (χ1) is 48.3. The predicted octanol–water partition coefficient (Wildman–Crippen LogP) is 20.1. The van der Waals surface area contributed by atoms with Gasteiger partial charge in [-0.2, -0.15) is 0 Å². The van der Waals surface area contributed by atoms with Crippen molar-refractivity contribution in [1.82, 2.24) is 0 Å². The number of Topliss-reactive ketones (excluding diaryl/α,β-unsaturated/α-hetero) is 1. The van der Waals surface area contributed by atoms with Gasteiger partial charge in [-0.05, 0) is 187 Å². The molecule has 4 saturated heterocycles. The van der Waals surface area contributed by atoms with Crippen molar-refractivity contribution in [2.24, 2.45) is 5.92 Å². The molecule has 0 saturated carbocycles. The van der Waals surface area contributed by atoms with Crippen molar-refractivity contribution in [3.05, 3.63) is 172 Å². The molecule has 564 valence electrons. The fourth-order valence-electron chi connectivity index (χ4n) is 12.9. The molecule has 0 amide bonds. The van der Waals surface area contributed by atoms with Crippen LogP contribution >= 0.6 is 92.8 Å². The third-order valence-electron chi connectivity index (χ3n) is 18.9. The van der Waals surface area contributed by atoms with Gasteiger partial charge >= 0.3 is 23.9 Å². The molecule has 4 fully saturated rings. The Morgan fingerprint density at radius 1 is 0.461 bits per heavy atom. The van der Waals surface area contributed by atoms with Gasteiger partial charge in [0.1, 0.15) is 35.9 Å². The summed E-state index contributed by atoms with van der Waals surface area (Å²) in [6.45, 7) is 11.3. The zero-order valence-electron chi connectivity index (χ0n) is 58.2. The van der Waals surface area contributed by atoms with Gasteiger partial charge in [-0.25, -0.2) is 4.79 Å². The van der Waals surface area contributed by atoms with Crippen molar-refractivity contribution >= 4 is 122 Å². The van der Waals surface area contributed by atoms with Crippen molar-refractivity contribution < 1.29 is 78.7 Å². The molecule has 9 atom stereocenters. The van der Waals surface area contributed by atoms with Crippen LogP contribution in [0.3, 0.4) is 0 Å². The summed E-state index contributed by atoms with van der Waals surface area (Å²) in [7, 11) is 0. The van der Waals surface area contributed by atoms with Crippen LogP contribution in [0.15, 0.2) is 110 Å². The number of aliphatic hydroxyl groups excluding tert-OH is 4. The molecule has 0 aliphatic carbocycles. The van der Waals surface area contributed by atoms with E-state index in [4.69, 9.17) is 112 Å². The van der Waals surface area contributed by atoms with E-state index in [1.165, 1.54) is 0 Å². The Labute approximate surface area is 640 Å². The third-order valence-corrected chi connectivity index (χ3v) is 21.3. The lowest BCUT2D eigenvalue weighted by molar-refractivity contribution is -0.168. The fraction of sp³-hybridized carbons (Fsp3) is 0.551. The molecule has 102 heavy (non-hydrogen) atoms. The lowest BCUT2D eigenvalue weighted by Crippen LogP contribution is -2.50. The van der Waals surface area contributed by atoms with Crippen molar-refractivity contribution in [3.8, 4) is 0 Å². The monoisotopic (exact) mass is 1570 g/mol. The Morgan fingerprint density at radius 2 is 0.775 bits per heavy atom. The molecule has 7 N–H and O–H groups in total. The van der Waals surface area contributed by atoms with Gasteiger partial charge in [-0.15, -0.1) is 0 Å². The maximum atomic E-state index is 11.8. The number of carbonyl (C=O) groups excluding carboxylic acids is 5. The number of halogens is 8. The average molecular weight is 1580 g/mol. The van der Waals surface area contributed by atoms with E-state index in [0.29, 0.717) is 57.2 Å². The molecule has 16 nitrogen and oxygen atoms in total. The quantitative estimate of drug-likeness (QED) is 0.00952. The number of cyclic esters (lactones) is 4. The van der Waals surface area contributed by atoms with E-state index in [9.17, 15) is 59.7 Å². The number of allylic oxidation sites excluding steroid dienone is 1. The second-order valence-corrected chi connectivity index (χ2v) is 30.5. The summed E-state index contributed by atoms with van der Waals surface area (Å²) in [5, 5.41) is 74.3. The predicted molar refractivity (Wildman–Crippen MR) is 404 cm³/mol. The molecule has 0 spiro atoms. The lowest BCUT2D eigenvalue weighted by atomic mass is 9.89. The summed E-state index contributed by atoms with van der Waals surface area (Å²) in [5.74, 6) is -3.70. The van der Waals surface area contributed by atoms with E-state index >= 15 is 0 Å². The summed E-state index contributed by atoms with van der Waals surface area (Å²) in [6.07, 6.45) is 23.7. The Hall–Kier alpha value is -4.79. The largest absolute Gasteiger partial charge is 0.513 e. The van der Waals surface area contributed by atoms with E-state index in [2.05, 4.69) is 19.7 Å². The zero-order valence-corrected chi connectivity index (χ0v) is 64.2. The van der Waals surface area contributed by atoms with Crippen LogP contribution in [0, 0.1) is 5.92 Å². The smallest absolute Gasteiger partial charge is 0.341 e. The molecular formula is C78H100Cl8O16. The number of unbranched alkanes of at least 4 members (excludes halogenated alkanes) is 16. The summed E-state index contributed by atoms with van der Waals surface area (Å²) in [4.78, 5) is 57.5. The van der Waals surface area contributed by atoms with Gasteiger partial charge in [0.25, 0.3) is 0 Å². The highest BCUT2D eigenvalue weighted by Crippen LogP contribution is 2.38. The van der Waals surface area contributed by atoms with E-state index in [-0.39, 0.29) is 43.0 Å². The van der Waals surface area contributed by atoms with Crippen LogP contribution in [-0.4, -0.2) is 113 Å². The van der Waals surface area contributed by atoms with Gasteiger partial charge in [0.15, 0.2) is 28.7 Å². The molecule has 4 aromatic rings. The van der Waals surface area contributed by atoms with E-state index in [1.54, 1.807) is 24.3 Å². The maximum absolute atomic E-state index is 11.8. The molecule has 0 aromatic heterocycles. The Bertz CT molecular complexity index is 3310. The number of hydrogen-bond donors (Lipinski definition) is 7.